The van der Waals surface area contributed by atoms with Crippen molar-refractivity contribution in [1.29, 1.82) is 0 Å². The van der Waals surface area contributed by atoms with E-state index in [1.807, 2.05) is 37.3 Å². The van der Waals surface area contributed by atoms with Gasteiger partial charge in [0.05, 0.1) is 6.61 Å². The lowest BCUT2D eigenvalue weighted by Gasteiger charge is -2.30. The lowest BCUT2D eigenvalue weighted by Crippen LogP contribution is -2.40. The molecule has 1 saturated carbocycles. The third-order valence-electron chi connectivity index (χ3n) is 4.24. The predicted molar refractivity (Wildman–Crippen MR) is 80.9 cm³/mol. The molecule has 1 fully saturated rings. The van der Waals surface area contributed by atoms with Crippen LogP contribution in [0.4, 0.5) is 0 Å². The summed E-state index contributed by atoms with van der Waals surface area (Å²) in [4.78, 5) is 14.7. The number of benzene rings is 1. The number of Topliss-reactive ketones (excluding diaryl/α,β-unsaturated/α-hetero) is 1. The number of ketones is 1. The van der Waals surface area contributed by atoms with Crippen molar-refractivity contribution in [3.05, 3.63) is 35.9 Å². The van der Waals surface area contributed by atoms with Gasteiger partial charge in [-0.3, -0.25) is 9.69 Å². The molecule has 1 unspecified atom stereocenters. The molecule has 1 aliphatic carbocycles. The van der Waals surface area contributed by atoms with Crippen LogP contribution in [0.15, 0.2) is 30.3 Å². The van der Waals surface area contributed by atoms with Crippen LogP contribution in [0, 0.1) is 5.92 Å². The van der Waals surface area contributed by atoms with Crippen molar-refractivity contribution in [3.63, 3.8) is 0 Å². The smallest absolute Gasteiger partial charge is 0.166 e. The Morgan fingerprint density at radius 3 is 2.55 bits per heavy atom. The molecule has 3 heteroatoms. The molecule has 1 atom stereocenters. The van der Waals surface area contributed by atoms with E-state index < -0.39 is 0 Å². The van der Waals surface area contributed by atoms with E-state index in [1.54, 1.807) is 0 Å². The van der Waals surface area contributed by atoms with Gasteiger partial charge in [0.25, 0.3) is 0 Å². The van der Waals surface area contributed by atoms with Crippen LogP contribution in [-0.4, -0.2) is 41.5 Å². The monoisotopic (exact) mass is 275 g/mol. The number of hydrogen-bond donors (Lipinski definition) is 1. The second-order valence-electron chi connectivity index (χ2n) is 5.79. The Morgan fingerprint density at radius 2 is 1.95 bits per heavy atom. The van der Waals surface area contributed by atoms with E-state index in [-0.39, 0.29) is 18.3 Å². The van der Waals surface area contributed by atoms with E-state index in [9.17, 15) is 9.90 Å². The molecule has 0 aromatic heterocycles. The van der Waals surface area contributed by atoms with E-state index in [2.05, 4.69) is 4.90 Å². The maximum atomic E-state index is 12.4. The molecule has 1 aromatic rings. The molecule has 0 bridgehead atoms. The quantitative estimate of drug-likeness (QED) is 0.778. The molecule has 2 rings (SSSR count). The fourth-order valence-electron chi connectivity index (χ4n) is 3.14. The first kappa shape index (κ1) is 15.2. The number of hydrogen-bond acceptors (Lipinski definition) is 3. The number of carbonyl (C=O) groups excluding carboxylic acids is 1. The second-order valence-corrected chi connectivity index (χ2v) is 5.79. The summed E-state index contributed by atoms with van der Waals surface area (Å²) in [6, 6.07) is 10.0. The first-order valence-electron chi connectivity index (χ1n) is 7.66. The van der Waals surface area contributed by atoms with E-state index in [0.717, 1.165) is 12.1 Å². The highest BCUT2D eigenvalue weighted by Gasteiger charge is 2.25. The van der Waals surface area contributed by atoms with Crippen LogP contribution in [0.2, 0.25) is 0 Å². The zero-order chi connectivity index (χ0) is 14.4. The molecule has 3 nitrogen and oxygen atoms in total. The SMILES string of the molecule is CC(CN(CCO)C1CCCC1)C(=O)c1ccccc1. The van der Waals surface area contributed by atoms with Gasteiger partial charge in [0.2, 0.25) is 0 Å². The van der Waals surface area contributed by atoms with E-state index in [4.69, 9.17) is 0 Å². The van der Waals surface area contributed by atoms with Gasteiger partial charge in [0.15, 0.2) is 5.78 Å². The molecule has 110 valence electrons. The van der Waals surface area contributed by atoms with Gasteiger partial charge < -0.3 is 5.11 Å². The van der Waals surface area contributed by atoms with Gasteiger partial charge >= 0.3 is 0 Å². The lowest BCUT2D eigenvalue weighted by atomic mass is 9.98. The second kappa shape index (κ2) is 7.55. The van der Waals surface area contributed by atoms with Crippen LogP contribution in [-0.2, 0) is 0 Å². The van der Waals surface area contributed by atoms with Gasteiger partial charge in [-0.15, -0.1) is 0 Å². The fourth-order valence-corrected chi connectivity index (χ4v) is 3.14. The summed E-state index contributed by atoms with van der Waals surface area (Å²) in [5, 5.41) is 9.24. The normalized spacial score (nSPS) is 17.6. The third-order valence-corrected chi connectivity index (χ3v) is 4.24. The van der Waals surface area contributed by atoms with Crippen molar-refractivity contribution in [2.45, 2.75) is 38.6 Å². The van der Waals surface area contributed by atoms with Gasteiger partial charge in [-0.25, -0.2) is 0 Å². The van der Waals surface area contributed by atoms with Crippen LogP contribution in [0.5, 0.6) is 0 Å². The van der Waals surface area contributed by atoms with Crippen LogP contribution in [0.25, 0.3) is 0 Å². The summed E-state index contributed by atoms with van der Waals surface area (Å²) in [5.41, 5.74) is 0.787. The van der Waals surface area contributed by atoms with Gasteiger partial charge in [0.1, 0.15) is 0 Å². The summed E-state index contributed by atoms with van der Waals surface area (Å²) in [6.45, 7) is 3.59. The predicted octanol–water partition coefficient (Wildman–Crippen LogP) is 2.74. The third kappa shape index (κ3) is 3.90. The van der Waals surface area contributed by atoms with Crippen molar-refractivity contribution in [3.8, 4) is 0 Å². The molecule has 0 amide bonds. The number of nitrogens with zero attached hydrogens (tertiary/aromatic N) is 1. The largest absolute Gasteiger partial charge is 0.395 e. The number of rotatable bonds is 7. The maximum absolute atomic E-state index is 12.4. The van der Waals surface area contributed by atoms with E-state index in [0.29, 0.717) is 12.6 Å². The molecule has 0 heterocycles. The molecule has 0 spiro atoms. The Hall–Kier alpha value is -1.19. The summed E-state index contributed by atoms with van der Waals surface area (Å²) >= 11 is 0. The summed E-state index contributed by atoms with van der Waals surface area (Å²) < 4.78 is 0. The molecule has 0 aliphatic heterocycles. The molecule has 1 aromatic carbocycles. The minimum Gasteiger partial charge on any atom is -0.395 e. The van der Waals surface area contributed by atoms with Gasteiger partial charge in [-0.1, -0.05) is 50.1 Å². The van der Waals surface area contributed by atoms with E-state index >= 15 is 0 Å². The fraction of sp³-hybridized carbons (Fsp3) is 0.588. The Bertz CT molecular complexity index is 412. The zero-order valence-electron chi connectivity index (χ0n) is 12.3. The summed E-state index contributed by atoms with van der Waals surface area (Å²) in [7, 11) is 0. The minimum absolute atomic E-state index is 0.0236. The van der Waals surface area contributed by atoms with Crippen molar-refractivity contribution < 1.29 is 9.90 Å². The molecule has 1 aliphatic rings. The zero-order valence-corrected chi connectivity index (χ0v) is 12.3. The molecule has 0 saturated heterocycles. The Morgan fingerprint density at radius 1 is 1.30 bits per heavy atom. The molecule has 20 heavy (non-hydrogen) atoms. The Balaban J connectivity index is 1.96. The molecule has 1 N–H and O–H groups in total. The van der Waals surface area contributed by atoms with Crippen LogP contribution < -0.4 is 0 Å². The highest BCUT2D eigenvalue weighted by atomic mass is 16.3. The van der Waals surface area contributed by atoms with E-state index in [1.165, 1.54) is 25.7 Å². The topological polar surface area (TPSA) is 40.5 Å². The summed E-state index contributed by atoms with van der Waals surface area (Å²) in [6.07, 6.45) is 4.94. The van der Waals surface area contributed by atoms with Crippen LogP contribution >= 0.6 is 0 Å². The van der Waals surface area contributed by atoms with Crippen molar-refractivity contribution in [1.82, 2.24) is 4.90 Å². The van der Waals surface area contributed by atoms with Gasteiger partial charge in [-0.2, -0.15) is 0 Å². The highest BCUT2D eigenvalue weighted by Crippen LogP contribution is 2.24. The number of carbonyl (C=O) groups is 1. The lowest BCUT2D eigenvalue weighted by molar-refractivity contribution is 0.0840. The average Bonchev–Trinajstić information content (AvgIpc) is 3.01. The first-order chi connectivity index (χ1) is 9.72. The van der Waals surface area contributed by atoms with Gasteiger partial charge in [0, 0.05) is 30.6 Å². The van der Waals surface area contributed by atoms with Gasteiger partial charge in [-0.05, 0) is 12.8 Å². The highest BCUT2D eigenvalue weighted by molar-refractivity contribution is 5.97. The van der Waals surface area contributed by atoms with Crippen LogP contribution in [0.1, 0.15) is 43.0 Å². The Kier molecular flexibility index (Phi) is 5.74. The number of aliphatic hydroxyl groups excluding tert-OH is 1. The van der Waals surface area contributed by atoms with Crippen molar-refractivity contribution in [2.24, 2.45) is 5.92 Å². The molecular formula is C17H25NO2. The standard InChI is InChI=1S/C17H25NO2/c1-14(17(20)15-7-3-2-4-8-15)13-18(11-12-19)16-9-5-6-10-16/h2-4,7-8,14,16,19H,5-6,9-13H2,1H3. The van der Waals surface area contributed by atoms with Crippen LogP contribution in [0.3, 0.4) is 0 Å². The average molecular weight is 275 g/mol. The number of aliphatic hydroxyl groups is 1. The first-order valence-corrected chi connectivity index (χ1v) is 7.66. The summed E-state index contributed by atoms with van der Waals surface area (Å²) in [5.74, 6) is 0.177. The van der Waals surface area contributed by atoms with Crippen molar-refractivity contribution in [2.75, 3.05) is 19.7 Å². The molecule has 0 radical (unpaired) electrons. The Labute approximate surface area is 121 Å². The minimum atomic E-state index is -0.0236. The van der Waals surface area contributed by atoms with Crippen molar-refractivity contribution >= 4 is 5.78 Å². The maximum Gasteiger partial charge on any atom is 0.166 e. The molecular weight excluding hydrogens is 250 g/mol.